The average Bonchev–Trinajstić information content (AvgIpc) is 3.20. The van der Waals surface area contributed by atoms with Crippen LogP contribution in [-0.4, -0.2) is 23.7 Å². The van der Waals surface area contributed by atoms with Gasteiger partial charge in [-0.3, -0.25) is 9.20 Å². The number of carbonyl (C=O) groups is 1. The number of carbonyl (C=O) groups excluding carboxylic acids is 1. The molecule has 3 aromatic heterocycles. The molecule has 0 aliphatic heterocycles. The zero-order valence-electron chi connectivity index (χ0n) is 13.3. The van der Waals surface area contributed by atoms with E-state index in [2.05, 4.69) is 9.71 Å². The maximum Gasteiger partial charge on any atom is 0.275 e. The first-order valence-corrected chi connectivity index (χ1v) is 10.5. The van der Waals surface area contributed by atoms with E-state index < -0.39 is 15.9 Å². The summed E-state index contributed by atoms with van der Waals surface area (Å²) in [5.74, 6) is -0.648. The van der Waals surface area contributed by atoms with E-state index in [1.54, 1.807) is 18.2 Å². The zero-order chi connectivity index (χ0) is 17.8. The van der Waals surface area contributed by atoms with Crippen molar-refractivity contribution >= 4 is 53.9 Å². The maximum absolute atomic E-state index is 12.5. The Morgan fingerprint density at radius 3 is 2.76 bits per heavy atom. The van der Waals surface area contributed by atoms with Gasteiger partial charge in [-0.05, 0) is 43.2 Å². The maximum atomic E-state index is 12.5. The van der Waals surface area contributed by atoms with Gasteiger partial charge in [0.05, 0.1) is 15.3 Å². The first-order chi connectivity index (χ1) is 11.8. The summed E-state index contributed by atoms with van der Waals surface area (Å²) in [6.45, 7) is 3.73. The molecule has 1 amide bonds. The number of rotatable bonds is 3. The number of thiazole rings is 1. The van der Waals surface area contributed by atoms with E-state index in [0.717, 1.165) is 21.6 Å². The number of aryl methyl sites for hydroxylation is 2. The molecule has 0 fully saturated rings. The van der Waals surface area contributed by atoms with Crippen LogP contribution in [0.3, 0.4) is 0 Å². The SMILES string of the molecule is Cc1ccc(S(=O)(=O)NC(=O)c2cc3c(nc4sccn43)s2)cc1C. The monoisotopic (exact) mass is 391 g/mol. The number of nitrogens with zero attached hydrogens (tertiary/aromatic N) is 2. The summed E-state index contributed by atoms with van der Waals surface area (Å²) in [6.07, 6.45) is 1.87. The summed E-state index contributed by atoms with van der Waals surface area (Å²) in [5.41, 5.74) is 2.64. The third kappa shape index (κ3) is 2.74. The number of nitrogens with one attached hydrogen (secondary N) is 1. The number of hydrogen-bond donors (Lipinski definition) is 1. The average molecular weight is 391 g/mol. The first-order valence-electron chi connectivity index (χ1n) is 7.35. The molecule has 4 rings (SSSR count). The largest absolute Gasteiger partial charge is 0.289 e. The lowest BCUT2D eigenvalue weighted by molar-refractivity contribution is 0.0985. The molecule has 25 heavy (non-hydrogen) atoms. The van der Waals surface area contributed by atoms with E-state index in [9.17, 15) is 13.2 Å². The second kappa shape index (κ2) is 5.65. The summed E-state index contributed by atoms with van der Waals surface area (Å²) in [7, 11) is -3.92. The predicted octanol–water partition coefficient (Wildman–Crippen LogP) is 3.35. The molecular weight excluding hydrogens is 378 g/mol. The van der Waals surface area contributed by atoms with Crippen LogP contribution in [0.4, 0.5) is 0 Å². The molecular formula is C16H13N3O3S3. The van der Waals surface area contributed by atoms with E-state index in [1.807, 2.05) is 29.8 Å². The van der Waals surface area contributed by atoms with Crippen LogP contribution in [0.1, 0.15) is 20.8 Å². The van der Waals surface area contributed by atoms with Gasteiger partial charge in [-0.2, -0.15) is 0 Å². The van der Waals surface area contributed by atoms with Crippen molar-refractivity contribution in [1.29, 1.82) is 0 Å². The Hall–Kier alpha value is -2.23. The molecule has 0 unspecified atom stereocenters. The van der Waals surface area contributed by atoms with Crippen LogP contribution < -0.4 is 4.72 Å². The fraction of sp³-hybridized carbons (Fsp3) is 0.125. The Bertz CT molecular complexity index is 1230. The van der Waals surface area contributed by atoms with Gasteiger partial charge in [0.25, 0.3) is 15.9 Å². The minimum absolute atomic E-state index is 0.0761. The molecule has 3 heterocycles. The first kappa shape index (κ1) is 16.2. The molecule has 0 spiro atoms. The van der Waals surface area contributed by atoms with Crippen molar-refractivity contribution in [2.45, 2.75) is 18.7 Å². The summed E-state index contributed by atoms with van der Waals surface area (Å²) in [4.78, 5) is 18.8. The molecule has 0 aliphatic rings. The van der Waals surface area contributed by atoms with Gasteiger partial charge in [-0.1, -0.05) is 6.07 Å². The van der Waals surface area contributed by atoms with E-state index in [-0.39, 0.29) is 4.90 Å². The number of thiophene rings is 1. The fourth-order valence-electron chi connectivity index (χ4n) is 2.47. The number of benzene rings is 1. The zero-order valence-corrected chi connectivity index (χ0v) is 15.8. The molecule has 0 atom stereocenters. The lowest BCUT2D eigenvalue weighted by Crippen LogP contribution is -2.30. The highest BCUT2D eigenvalue weighted by molar-refractivity contribution is 7.90. The Morgan fingerprint density at radius 2 is 2.00 bits per heavy atom. The molecule has 6 nitrogen and oxygen atoms in total. The van der Waals surface area contributed by atoms with Gasteiger partial charge >= 0.3 is 0 Å². The number of sulfonamides is 1. The Labute approximate surface area is 151 Å². The van der Waals surface area contributed by atoms with E-state index in [4.69, 9.17) is 0 Å². The minimum atomic E-state index is -3.92. The van der Waals surface area contributed by atoms with Gasteiger partial charge in [0.1, 0.15) is 4.83 Å². The van der Waals surface area contributed by atoms with Gasteiger partial charge in [-0.15, -0.1) is 22.7 Å². The Kier molecular flexibility index (Phi) is 3.67. The van der Waals surface area contributed by atoms with Crippen molar-refractivity contribution < 1.29 is 13.2 Å². The van der Waals surface area contributed by atoms with E-state index in [1.165, 1.54) is 28.7 Å². The van der Waals surface area contributed by atoms with Crippen LogP contribution in [0.15, 0.2) is 40.7 Å². The molecule has 1 N–H and O–H groups in total. The number of amides is 1. The van der Waals surface area contributed by atoms with Crippen molar-refractivity contribution in [3.63, 3.8) is 0 Å². The molecule has 9 heteroatoms. The van der Waals surface area contributed by atoms with Crippen LogP contribution in [0, 0.1) is 13.8 Å². The number of hydrogen-bond acceptors (Lipinski definition) is 6. The van der Waals surface area contributed by atoms with Crippen molar-refractivity contribution in [1.82, 2.24) is 14.1 Å². The van der Waals surface area contributed by atoms with Crippen molar-refractivity contribution in [2.75, 3.05) is 0 Å². The molecule has 0 saturated carbocycles. The van der Waals surface area contributed by atoms with Gasteiger partial charge in [0, 0.05) is 11.6 Å². The Morgan fingerprint density at radius 1 is 1.20 bits per heavy atom. The highest BCUT2D eigenvalue weighted by Crippen LogP contribution is 2.28. The van der Waals surface area contributed by atoms with Gasteiger partial charge in [-0.25, -0.2) is 18.1 Å². The lowest BCUT2D eigenvalue weighted by atomic mass is 10.1. The summed E-state index contributed by atoms with van der Waals surface area (Å²) >= 11 is 2.68. The molecule has 0 saturated heterocycles. The minimum Gasteiger partial charge on any atom is -0.289 e. The second-order valence-electron chi connectivity index (χ2n) is 5.65. The van der Waals surface area contributed by atoms with Gasteiger partial charge in [0.15, 0.2) is 4.96 Å². The predicted molar refractivity (Wildman–Crippen MR) is 99.0 cm³/mol. The van der Waals surface area contributed by atoms with Crippen molar-refractivity contribution in [3.05, 3.63) is 51.8 Å². The quantitative estimate of drug-likeness (QED) is 0.581. The highest BCUT2D eigenvalue weighted by atomic mass is 32.2. The van der Waals surface area contributed by atoms with Crippen molar-refractivity contribution in [2.24, 2.45) is 0 Å². The summed E-state index contributed by atoms with van der Waals surface area (Å²) in [6, 6.07) is 6.44. The van der Waals surface area contributed by atoms with E-state index in [0.29, 0.717) is 9.71 Å². The fourth-order valence-corrected chi connectivity index (χ4v) is 5.28. The highest BCUT2D eigenvalue weighted by Gasteiger charge is 2.22. The summed E-state index contributed by atoms with van der Waals surface area (Å²) < 4.78 is 28.9. The third-order valence-corrected chi connectivity index (χ3v) is 7.08. The number of aromatic nitrogens is 2. The smallest absolute Gasteiger partial charge is 0.275 e. The molecule has 128 valence electrons. The van der Waals surface area contributed by atoms with Gasteiger partial charge < -0.3 is 0 Å². The van der Waals surface area contributed by atoms with E-state index >= 15 is 0 Å². The van der Waals surface area contributed by atoms with Crippen LogP contribution in [0.5, 0.6) is 0 Å². The normalized spacial score (nSPS) is 12.1. The van der Waals surface area contributed by atoms with Gasteiger partial charge in [0.2, 0.25) is 0 Å². The number of imidazole rings is 1. The van der Waals surface area contributed by atoms with Crippen LogP contribution in [-0.2, 0) is 10.0 Å². The van der Waals surface area contributed by atoms with Crippen LogP contribution in [0.2, 0.25) is 0 Å². The van der Waals surface area contributed by atoms with Crippen LogP contribution in [0.25, 0.3) is 15.3 Å². The molecule has 0 bridgehead atoms. The number of fused-ring (bicyclic) bond motifs is 3. The van der Waals surface area contributed by atoms with Crippen LogP contribution >= 0.6 is 22.7 Å². The molecule has 4 aromatic rings. The second-order valence-corrected chi connectivity index (χ2v) is 9.24. The Balaban J connectivity index is 1.66. The lowest BCUT2D eigenvalue weighted by Gasteiger charge is -2.08. The molecule has 0 aliphatic carbocycles. The van der Waals surface area contributed by atoms with Crippen molar-refractivity contribution in [3.8, 4) is 0 Å². The standard InChI is InChI=1S/C16H13N3O3S3/c1-9-3-4-11(7-10(9)2)25(21,22)18-14(20)13-8-12-15(24-13)17-16-19(12)5-6-23-16/h3-8H,1-2H3,(H,18,20). The third-order valence-electron chi connectivity index (χ3n) is 3.98. The molecule has 1 aromatic carbocycles. The topological polar surface area (TPSA) is 80.5 Å². The summed E-state index contributed by atoms with van der Waals surface area (Å²) in [5, 5.41) is 1.91. The molecule has 0 radical (unpaired) electrons.